The molecule has 0 aliphatic rings. The third kappa shape index (κ3) is 11.3. The maximum absolute atomic E-state index is 12.5. The molecule has 46 heavy (non-hydrogen) atoms. The van der Waals surface area contributed by atoms with Gasteiger partial charge in [0.25, 0.3) is 5.16 Å². The molecule has 0 fully saturated rings. The number of hydrogen-bond donors (Lipinski definition) is 0. The Balaban J connectivity index is 0.000000251. The van der Waals surface area contributed by atoms with Gasteiger partial charge in [-0.05, 0) is 85.7 Å². The standard InChI is InChI=1S/C15H18N4O4S.C15H18N4O2S/c1-3-23-14(20)11-12(2)9-10-24(21,22)15-16-17-18-19(15)13-7-5-4-6-8-13;1-3-21-14(20)11-12(2)9-10-22-15-16-17-18-19(15)13-7-5-4-6-8-13/h4-8,11H,3,9-10H2,1-2H3;4-8,11H,3,9-10H2,1-2H3/b2*12-11+. The molecule has 4 aromatic rings. The summed E-state index contributed by atoms with van der Waals surface area (Å²) in [6, 6.07) is 18.5. The van der Waals surface area contributed by atoms with E-state index in [0.29, 0.717) is 17.9 Å². The van der Waals surface area contributed by atoms with Gasteiger partial charge in [-0.25, -0.2) is 18.0 Å². The highest BCUT2D eigenvalue weighted by atomic mass is 32.2. The van der Waals surface area contributed by atoms with Gasteiger partial charge in [0, 0.05) is 17.9 Å². The van der Waals surface area contributed by atoms with Crippen molar-refractivity contribution in [3.05, 3.63) is 84.0 Å². The van der Waals surface area contributed by atoms with Crippen LogP contribution in [0.2, 0.25) is 0 Å². The van der Waals surface area contributed by atoms with Crippen LogP contribution in [-0.4, -0.2) is 85.5 Å². The maximum atomic E-state index is 12.5. The van der Waals surface area contributed by atoms with Crippen LogP contribution >= 0.6 is 11.8 Å². The summed E-state index contributed by atoms with van der Waals surface area (Å²) in [5.74, 6) is -0.197. The van der Waals surface area contributed by atoms with Crippen LogP contribution in [0.3, 0.4) is 0 Å². The number of benzene rings is 2. The zero-order chi connectivity index (χ0) is 33.4. The normalized spacial score (nSPS) is 11.8. The van der Waals surface area contributed by atoms with Gasteiger partial charge in [-0.2, -0.15) is 9.36 Å². The van der Waals surface area contributed by atoms with E-state index in [1.165, 1.54) is 16.8 Å². The van der Waals surface area contributed by atoms with Gasteiger partial charge < -0.3 is 9.47 Å². The number of carbonyl (C=O) groups excluding carboxylic acids is 2. The summed E-state index contributed by atoms with van der Waals surface area (Å²) in [7, 11) is -3.70. The van der Waals surface area contributed by atoms with Gasteiger partial charge in [0.05, 0.1) is 30.3 Å². The van der Waals surface area contributed by atoms with Crippen molar-refractivity contribution in [2.75, 3.05) is 24.7 Å². The molecule has 0 aliphatic carbocycles. The van der Waals surface area contributed by atoms with Crippen LogP contribution in [0.25, 0.3) is 11.4 Å². The fourth-order valence-corrected chi connectivity index (χ4v) is 6.01. The number of aromatic nitrogens is 8. The lowest BCUT2D eigenvalue weighted by Crippen LogP contribution is -2.14. The van der Waals surface area contributed by atoms with Crippen molar-refractivity contribution in [3.8, 4) is 11.4 Å². The highest BCUT2D eigenvalue weighted by molar-refractivity contribution is 7.99. The fourth-order valence-electron chi connectivity index (χ4n) is 3.71. The SMILES string of the molecule is CCOC(=O)/C=C(\C)CCS(=O)(=O)c1nnnn1-c1ccccc1.CCOC(=O)/C=C(\C)CCSc1nnnn1-c1ccccc1. The third-order valence-electron chi connectivity index (χ3n) is 5.96. The van der Waals surface area contributed by atoms with Crippen molar-refractivity contribution in [3.63, 3.8) is 0 Å². The zero-order valence-electron chi connectivity index (χ0n) is 26.0. The van der Waals surface area contributed by atoms with Crippen molar-refractivity contribution in [2.45, 2.75) is 50.8 Å². The number of tetrazole rings is 2. The maximum Gasteiger partial charge on any atom is 0.330 e. The van der Waals surface area contributed by atoms with E-state index in [0.717, 1.165) is 28.6 Å². The summed E-state index contributed by atoms with van der Waals surface area (Å²) in [5, 5.41) is 23.1. The van der Waals surface area contributed by atoms with Gasteiger partial charge >= 0.3 is 11.9 Å². The van der Waals surface area contributed by atoms with E-state index in [-0.39, 0.29) is 29.9 Å². The van der Waals surface area contributed by atoms with Crippen LogP contribution in [0.15, 0.2) is 94.3 Å². The van der Waals surface area contributed by atoms with Crippen LogP contribution in [0.1, 0.15) is 40.5 Å². The Labute approximate surface area is 271 Å². The van der Waals surface area contributed by atoms with Gasteiger partial charge in [0.15, 0.2) is 0 Å². The smallest absolute Gasteiger partial charge is 0.330 e. The summed E-state index contributed by atoms with van der Waals surface area (Å²) in [6.45, 7) is 7.75. The number of allylic oxidation sites excluding steroid dienone is 2. The number of carbonyl (C=O) groups is 2. The molecule has 4 rings (SSSR count). The van der Waals surface area contributed by atoms with Crippen LogP contribution in [-0.2, 0) is 28.9 Å². The average Bonchev–Trinajstić information content (AvgIpc) is 3.73. The second-order valence-corrected chi connectivity index (χ2v) is 12.6. The molecular weight excluding hydrogens is 633 g/mol. The molecule has 0 saturated heterocycles. The van der Waals surface area contributed by atoms with Gasteiger partial charge in [0.2, 0.25) is 15.0 Å². The van der Waals surface area contributed by atoms with E-state index < -0.39 is 15.8 Å². The number of nitrogens with zero attached hydrogens (tertiary/aromatic N) is 8. The van der Waals surface area contributed by atoms with Gasteiger partial charge in [-0.1, -0.05) is 64.4 Å². The predicted octanol–water partition coefficient (Wildman–Crippen LogP) is 3.99. The quantitative estimate of drug-likeness (QED) is 0.107. The highest BCUT2D eigenvalue weighted by Crippen LogP contribution is 2.20. The van der Waals surface area contributed by atoms with E-state index in [1.54, 1.807) is 61.5 Å². The molecule has 0 N–H and O–H groups in total. The van der Waals surface area contributed by atoms with Crippen molar-refractivity contribution in [2.24, 2.45) is 0 Å². The van der Waals surface area contributed by atoms with E-state index in [9.17, 15) is 18.0 Å². The molecule has 0 radical (unpaired) electrons. The van der Waals surface area contributed by atoms with Crippen LogP contribution in [0.4, 0.5) is 0 Å². The number of para-hydroxylation sites is 2. The largest absolute Gasteiger partial charge is 0.463 e. The van der Waals surface area contributed by atoms with E-state index in [4.69, 9.17) is 9.47 Å². The minimum atomic E-state index is -3.70. The Kier molecular flexibility index (Phi) is 14.2. The molecule has 14 nitrogen and oxygen atoms in total. The molecule has 2 aromatic carbocycles. The molecule has 244 valence electrons. The zero-order valence-corrected chi connectivity index (χ0v) is 27.6. The average molecular weight is 669 g/mol. The molecule has 0 unspecified atom stereocenters. The van der Waals surface area contributed by atoms with E-state index in [1.807, 2.05) is 43.3 Å². The van der Waals surface area contributed by atoms with Crippen LogP contribution in [0, 0.1) is 0 Å². The Hall–Kier alpha value is -4.70. The molecule has 0 spiro atoms. The van der Waals surface area contributed by atoms with Crippen LogP contribution in [0.5, 0.6) is 0 Å². The number of esters is 2. The first-order chi connectivity index (χ1) is 22.1. The first-order valence-electron chi connectivity index (χ1n) is 14.4. The minimum absolute atomic E-state index is 0.183. The lowest BCUT2D eigenvalue weighted by atomic mass is 10.2. The summed E-state index contributed by atoms with van der Waals surface area (Å²) >= 11 is 1.55. The Morgan fingerprint density at radius 3 is 1.83 bits per heavy atom. The molecule has 0 saturated carbocycles. The predicted molar refractivity (Wildman–Crippen MR) is 171 cm³/mol. The molecule has 0 amide bonds. The summed E-state index contributed by atoms with van der Waals surface area (Å²) in [6.07, 6.45) is 3.78. The number of sulfone groups is 1. The topological polar surface area (TPSA) is 174 Å². The first-order valence-corrected chi connectivity index (χ1v) is 17.0. The van der Waals surface area contributed by atoms with Gasteiger partial charge in [-0.15, -0.1) is 5.10 Å². The van der Waals surface area contributed by atoms with Crippen molar-refractivity contribution >= 4 is 33.5 Å². The summed E-state index contributed by atoms with van der Waals surface area (Å²) in [4.78, 5) is 22.7. The molecule has 0 bridgehead atoms. The second-order valence-electron chi connectivity index (χ2n) is 9.57. The fraction of sp³-hybridized carbons (Fsp3) is 0.333. The van der Waals surface area contributed by atoms with Crippen LogP contribution < -0.4 is 0 Å². The number of ether oxygens (including phenoxy) is 2. The summed E-state index contributed by atoms with van der Waals surface area (Å²) in [5.41, 5.74) is 3.06. The highest BCUT2D eigenvalue weighted by Gasteiger charge is 2.23. The monoisotopic (exact) mass is 668 g/mol. The lowest BCUT2D eigenvalue weighted by molar-refractivity contribution is -0.138. The van der Waals surface area contributed by atoms with E-state index in [2.05, 4.69) is 31.1 Å². The first kappa shape index (κ1) is 35.8. The van der Waals surface area contributed by atoms with Crippen molar-refractivity contribution < 1.29 is 27.5 Å². The second kappa shape index (κ2) is 18.3. The van der Waals surface area contributed by atoms with Crippen molar-refractivity contribution in [1.82, 2.24) is 40.4 Å². The Morgan fingerprint density at radius 2 is 1.26 bits per heavy atom. The summed E-state index contributed by atoms with van der Waals surface area (Å²) < 4.78 is 37.6. The van der Waals surface area contributed by atoms with Crippen molar-refractivity contribution in [1.29, 1.82) is 0 Å². The molecule has 0 aliphatic heterocycles. The third-order valence-corrected chi connectivity index (χ3v) is 8.43. The van der Waals surface area contributed by atoms with Gasteiger partial charge in [-0.3, -0.25) is 0 Å². The molecule has 0 atom stereocenters. The number of thioether (sulfide) groups is 1. The van der Waals surface area contributed by atoms with E-state index >= 15 is 0 Å². The minimum Gasteiger partial charge on any atom is -0.463 e. The number of rotatable bonds is 14. The molecule has 2 heterocycles. The van der Waals surface area contributed by atoms with Gasteiger partial charge in [0.1, 0.15) is 0 Å². The lowest BCUT2D eigenvalue weighted by Gasteiger charge is -2.06. The Bertz CT molecular complexity index is 1720. The molecule has 2 aromatic heterocycles. The molecular formula is C30H36N8O6S2. The molecule has 16 heteroatoms. The Morgan fingerprint density at radius 1 is 0.761 bits per heavy atom. The number of hydrogen-bond acceptors (Lipinski definition) is 13.